The lowest BCUT2D eigenvalue weighted by molar-refractivity contribution is 0.193. The molecule has 2 N–H and O–H groups in total. The Hall–Kier alpha value is -3.06. The predicted octanol–water partition coefficient (Wildman–Crippen LogP) is 2.52. The van der Waals surface area contributed by atoms with Crippen LogP contribution in [0.15, 0.2) is 47.5 Å². The van der Waals surface area contributed by atoms with E-state index in [0.717, 1.165) is 16.5 Å². The van der Waals surface area contributed by atoms with E-state index in [1.165, 1.54) is 4.57 Å². The Morgan fingerprint density at radius 1 is 1.19 bits per heavy atom. The van der Waals surface area contributed by atoms with Crippen LogP contribution in [0.2, 0.25) is 0 Å². The molecule has 0 saturated heterocycles. The summed E-state index contributed by atoms with van der Waals surface area (Å²) in [6.45, 7) is 3.77. The average molecular weight is 349 g/mol. The molecule has 0 saturated carbocycles. The number of aromatic amines is 1. The van der Waals surface area contributed by atoms with Crippen LogP contribution >= 0.6 is 0 Å². The van der Waals surface area contributed by atoms with Gasteiger partial charge < -0.3 is 5.11 Å². The molecule has 0 aliphatic heterocycles. The lowest BCUT2D eigenvalue weighted by Crippen LogP contribution is -2.28. The van der Waals surface area contributed by atoms with Gasteiger partial charge in [-0.15, -0.1) is 0 Å². The summed E-state index contributed by atoms with van der Waals surface area (Å²) in [4.78, 5) is 28.6. The molecule has 3 aromatic heterocycles. The third-order valence-electron chi connectivity index (χ3n) is 4.64. The van der Waals surface area contributed by atoms with Crippen molar-refractivity contribution in [2.45, 2.75) is 19.9 Å². The number of nitrogens with one attached hydrogen (secondary N) is 1. The molecule has 0 spiro atoms. The van der Waals surface area contributed by atoms with E-state index in [1.807, 2.05) is 44.2 Å². The summed E-state index contributed by atoms with van der Waals surface area (Å²) >= 11 is 0. The quantitative estimate of drug-likeness (QED) is 0.590. The van der Waals surface area contributed by atoms with Crippen molar-refractivity contribution in [1.82, 2.24) is 24.5 Å². The third kappa shape index (κ3) is 2.57. The molecule has 0 radical (unpaired) electrons. The van der Waals surface area contributed by atoms with Gasteiger partial charge in [0, 0.05) is 17.1 Å². The standard InChI is InChI=1S/C19H19N5O2/c1-11(2)16(10-25)24-18-17(23-19(24)26)21-9-15(22-18)13-5-3-7-14-12(13)6-4-8-20-14/h3-9,11,16,25H,10H2,1-2H3,(H,21,23,26)/t16-/m1/s1. The Labute approximate surface area is 149 Å². The van der Waals surface area contributed by atoms with E-state index in [-0.39, 0.29) is 24.3 Å². The highest BCUT2D eigenvalue weighted by atomic mass is 16.3. The van der Waals surface area contributed by atoms with Crippen molar-refractivity contribution < 1.29 is 5.11 Å². The summed E-state index contributed by atoms with van der Waals surface area (Å²) in [5.41, 5.74) is 2.97. The lowest BCUT2D eigenvalue weighted by Gasteiger charge is -2.19. The van der Waals surface area contributed by atoms with Gasteiger partial charge in [0.25, 0.3) is 0 Å². The van der Waals surface area contributed by atoms with Gasteiger partial charge in [-0.05, 0) is 18.1 Å². The SMILES string of the molecule is CC(C)[C@@H](CO)n1c(=O)[nH]c2ncc(-c3cccc4ncccc34)nc21. The normalized spacial score (nSPS) is 12.9. The molecule has 0 amide bonds. The van der Waals surface area contributed by atoms with E-state index < -0.39 is 0 Å². The Morgan fingerprint density at radius 2 is 2.04 bits per heavy atom. The number of fused-ring (bicyclic) bond motifs is 2. The summed E-state index contributed by atoms with van der Waals surface area (Å²) in [6, 6.07) is 9.32. The average Bonchev–Trinajstić information content (AvgIpc) is 2.97. The molecule has 7 heteroatoms. The molecule has 4 rings (SSSR count). The molecule has 7 nitrogen and oxygen atoms in total. The molecule has 4 aromatic rings. The minimum absolute atomic E-state index is 0.0731. The number of rotatable bonds is 4. The van der Waals surface area contributed by atoms with E-state index >= 15 is 0 Å². The lowest BCUT2D eigenvalue weighted by atomic mass is 10.1. The molecule has 3 heterocycles. The molecule has 0 bridgehead atoms. The van der Waals surface area contributed by atoms with Crippen LogP contribution in [0.25, 0.3) is 33.5 Å². The highest BCUT2D eigenvalue weighted by molar-refractivity contribution is 5.93. The second-order valence-electron chi connectivity index (χ2n) is 6.60. The first kappa shape index (κ1) is 16.4. The second-order valence-corrected chi connectivity index (χ2v) is 6.60. The zero-order valence-corrected chi connectivity index (χ0v) is 14.5. The summed E-state index contributed by atoms with van der Waals surface area (Å²) < 4.78 is 1.50. The minimum Gasteiger partial charge on any atom is -0.394 e. The van der Waals surface area contributed by atoms with Crippen LogP contribution < -0.4 is 5.69 Å². The first-order chi connectivity index (χ1) is 12.6. The zero-order chi connectivity index (χ0) is 18.3. The van der Waals surface area contributed by atoms with Gasteiger partial charge >= 0.3 is 5.69 Å². The van der Waals surface area contributed by atoms with Crippen LogP contribution in [-0.2, 0) is 0 Å². The van der Waals surface area contributed by atoms with Crippen LogP contribution in [0.1, 0.15) is 19.9 Å². The van der Waals surface area contributed by atoms with Gasteiger partial charge in [-0.1, -0.05) is 32.0 Å². The zero-order valence-electron chi connectivity index (χ0n) is 14.5. The molecule has 0 aliphatic carbocycles. The fraction of sp³-hybridized carbons (Fsp3) is 0.263. The van der Waals surface area contributed by atoms with Gasteiger partial charge in [-0.25, -0.2) is 14.8 Å². The number of imidazole rings is 1. The van der Waals surface area contributed by atoms with Crippen molar-refractivity contribution in [2.24, 2.45) is 5.92 Å². The molecule has 0 fully saturated rings. The van der Waals surface area contributed by atoms with Gasteiger partial charge in [0.05, 0.1) is 30.1 Å². The van der Waals surface area contributed by atoms with Crippen LogP contribution in [0.3, 0.4) is 0 Å². The van der Waals surface area contributed by atoms with Crippen molar-refractivity contribution in [1.29, 1.82) is 0 Å². The van der Waals surface area contributed by atoms with E-state index in [4.69, 9.17) is 4.98 Å². The molecular formula is C19H19N5O2. The monoisotopic (exact) mass is 349 g/mol. The van der Waals surface area contributed by atoms with Crippen LogP contribution in [-0.4, -0.2) is 36.2 Å². The van der Waals surface area contributed by atoms with Gasteiger partial charge in [0.2, 0.25) is 0 Å². The highest BCUT2D eigenvalue weighted by Gasteiger charge is 2.22. The number of H-pyrrole nitrogens is 1. The smallest absolute Gasteiger partial charge is 0.329 e. The van der Waals surface area contributed by atoms with E-state index in [9.17, 15) is 9.90 Å². The number of aromatic nitrogens is 5. The molecule has 1 atom stereocenters. The number of hydrogen-bond acceptors (Lipinski definition) is 5. The van der Waals surface area contributed by atoms with Crippen molar-refractivity contribution in [3.05, 3.63) is 53.2 Å². The third-order valence-corrected chi connectivity index (χ3v) is 4.64. The van der Waals surface area contributed by atoms with Gasteiger partial charge in [-0.3, -0.25) is 14.5 Å². The fourth-order valence-corrected chi connectivity index (χ4v) is 3.25. The highest BCUT2D eigenvalue weighted by Crippen LogP contribution is 2.27. The Morgan fingerprint density at radius 3 is 2.81 bits per heavy atom. The maximum Gasteiger partial charge on any atom is 0.329 e. The van der Waals surface area contributed by atoms with Crippen molar-refractivity contribution in [2.75, 3.05) is 6.61 Å². The maximum absolute atomic E-state index is 12.4. The summed E-state index contributed by atoms with van der Waals surface area (Å²) in [7, 11) is 0. The number of pyridine rings is 1. The molecule has 132 valence electrons. The molecule has 0 aliphatic rings. The Balaban J connectivity index is 1.97. The Bertz CT molecular complexity index is 1140. The van der Waals surface area contributed by atoms with E-state index in [1.54, 1.807) is 12.4 Å². The van der Waals surface area contributed by atoms with Crippen molar-refractivity contribution in [3.8, 4) is 11.3 Å². The van der Waals surface area contributed by atoms with Gasteiger partial charge in [-0.2, -0.15) is 0 Å². The first-order valence-electron chi connectivity index (χ1n) is 8.52. The van der Waals surface area contributed by atoms with Crippen LogP contribution in [0.5, 0.6) is 0 Å². The van der Waals surface area contributed by atoms with E-state index in [2.05, 4.69) is 15.0 Å². The van der Waals surface area contributed by atoms with Gasteiger partial charge in [0.1, 0.15) is 0 Å². The number of aliphatic hydroxyl groups is 1. The van der Waals surface area contributed by atoms with Crippen molar-refractivity contribution >= 4 is 22.2 Å². The minimum atomic E-state index is -0.366. The van der Waals surface area contributed by atoms with Crippen LogP contribution in [0, 0.1) is 5.92 Å². The molecule has 0 unspecified atom stereocenters. The van der Waals surface area contributed by atoms with Crippen LogP contribution in [0.4, 0.5) is 0 Å². The van der Waals surface area contributed by atoms with Crippen molar-refractivity contribution in [3.63, 3.8) is 0 Å². The number of aliphatic hydroxyl groups excluding tert-OH is 1. The topological polar surface area (TPSA) is 96.7 Å². The summed E-state index contributed by atoms with van der Waals surface area (Å²) in [6.07, 6.45) is 3.40. The number of hydrogen-bond donors (Lipinski definition) is 2. The first-order valence-corrected chi connectivity index (χ1v) is 8.52. The molecule has 26 heavy (non-hydrogen) atoms. The maximum atomic E-state index is 12.4. The summed E-state index contributed by atoms with van der Waals surface area (Å²) in [5.74, 6) is 0.0731. The number of benzene rings is 1. The predicted molar refractivity (Wildman–Crippen MR) is 99.8 cm³/mol. The fourth-order valence-electron chi connectivity index (χ4n) is 3.25. The summed E-state index contributed by atoms with van der Waals surface area (Å²) in [5, 5.41) is 10.7. The van der Waals surface area contributed by atoms with Gasteiger partial charge in [0.15, 0.2) is 11.3 Å². The second kappa shape index (κ2) is 6.34. The molecular weight excluding hydrogens is 330 g/mol. The van der Waals surface area contributed by atoms with E-state index in [0.29, 0.717) is 17.0 Å². The molecule has 1 aromatic carbocycles. The largest absolute Gasteiger partial charge is 0.394 e. The number of nitrogens with zero attached hydrogens (tertiary/aromatic N) is 4. The Kier molecular flexibility index (Phi) is 4.00.